The van der Waals surface area contributed by atoms with Crippen molar-refractivity contribution in [2.75, 3.05) is 66.8 Å². The van der Waals surface area contributed by atoms with E-state index in [9.17, 15) is 84.6 Å². The number of rotatable bonds is 47. The van der Waals surface area contributed by atoms with Crippen LogP contribution in [0.5, 0.6) is 0 Å². The molecule has 30 heteroatoms. The highest BCUT2D eigenvalue weighted by molar-refractivity contribution is 5.91. The monoisotopic (exact) mass is 1340 g/mol. The van der Waals surface area contributed by atoms with E-state index in [4.69, 9.17) is 18.9 Å². The molecule has 14 atom stereocenters. The van der Waals surface area contributed by atoms with Crippen LogP contribution in [0.25, 0.3) is 0 Å². The van der Waals surface area contributed by atoms with E-state index in [-0.39, 0.29) is 32.1 Å². The zero-order valence-corrected chi connectivity index (χ0v) is 57.5. The average molecular weight is 1340 g/mol. The molecule has 0 saturated heterocycles. The fourth-order valence-electron chi connectivity index (χ4n) is 13.3. The Bertz CT molecular complexity index is 2460. The molecule has 14 unspecified atom stereocenters. The van der Waals surface area contributed by atoms with E-state index in [1.54, 1.807) is 34.6 Å². The van der Waals surface area contributed by atoms with Crippen molar-refractivity contribution in [1.29, 1.82) is 0 Å². The minimum atomic E-state index is -2.23. The Balaban J connectivity index is 9.10. The predicted molar refractivity (Wildman–Crippen MR) is 334 cm³/mol. The Morgan fingerprint density at radius 1 is 0.312 bits per heavy atom. The lowest BCUT2D eigenvalue weighted by Crippen LogP contribution is -2.55. The first kappa shape index (κ1) is 87.3. The minimum Gasteiger partial charge on any atom is -0.463 e. The highest BCUT2D eigenvalue weighted by Crippen LogP contribution is 2.56. The lowest BCUT2D eigenvalue weighted by molar-refractivity contribution is -0.167. The number of carbonyl (C=O) groups is 10. The molecule has 0 aromatic heterocycles. The van der Waals surface area contributed by atoms with Crippen LogP contribution in [0.15, 0.2) is 0 Å². The highest BCUT2D eigenvalue weighted by Gasteiger charge is 2.59. The molecule has 0 heterocycles. The van der Waals surface area contributed by atoms with Gasteiger partial charge in [-0.05, 0) is 111 Å². The summed E-state index contributed by atoms with van der Waals surface area (Å²) >= 11 is 0. The summed E-state index contributed by atoms with van der Waals surface area (Å²) in [6.07, 6.45) is -9.77. The van der Waals surface area contributed by atoms with Crippen LogP contribution in [0, 0.1) is 54.7 Å². The molecule has 0 aliphatic carbocycles. The molecule has 0 aromatic rings. The summed E-state index contributed by atoms with van der Waals surface area (Å²) in [7, 11) is 0. The second kappa shape index (κ2) is 38.7. The van der Waals surface area contributed by atoms with Gasteiger partial charge in [-0.25, -0.2) is 0 Å². The second-order valence-corrected chi connectivity index (χ2v) is 27.6. The second-order valence-electron chi connectivity index (χ2n) is 27.6. The third kappa shape index (κ3) is 25.8. The van der Waals surface area contributed by atoms with Crippen LogP contribution in [0.4, 0.5) is 0 Å². The molecule has 0 rings (SSSR count). The van der Waals surface area contributed by atoms with Gasteiger partial charge in [0.1, 0.15) is 66.8 Å². The molecule has 0 radical (unpaired) electrons. The lowest BCUT2D eigenvalue weighted by atomic mass is 9.55. The van der Waals surface area contributed by atoms with Gasteiger partial charge >= 0.3 is 23.9 Å². The quantitative estimate of drug-likeness (QED) is 0.0221. The summed E-state index contributed by atoms with van der Waals surface area (Å²) < 4.78 is 22.3. The number of aliphatic hydroxyl groups excluding tert-OH is 10. The molecular formula is C63H114N6O24. The van der Waals surface area contributed by atoms with Crippen molar-refractivity contribution >= 4 is 59.3 Å². The van der Waals surface area contributed by atoms with Gasteiger partial charge in [0.25, 0.3) is 0 Å². The molecule has 0 aliphatic rings. The van der Waals surface area contributed by atoms with Crippen molar-refractivity contribution < 1.29 is 118 Å². The first-order valence-corrected chi connectivity index (χ1v) is 31.8. The van der Waals surface area contributed by atoms with Gasteiger partial charge in [-0.15, -0.1) is 0 Å². The normalized spacial score (nSPS) is 19.1. The maximum Gasteiger partial charge on any atom is 0.311 e. The van der Waals surface area contributed by atoms with E-state index in [2.05, 4.69) is 31.9 Å². The topological polar surface area (TPSA) is 482 Å². The van der Waals surface area contributed by atoms with Crippen LogP contribution >= 0.6 is 0 Å². The summed E-state index contributed by atoms with van der Waals surface area (Å²) in [6, 6.07) is 0. The van der Waals surface area contributed by atoms with Crippen molar-refractivity contribution in [3.05, 3.63) is 0 Å². The molecule has 30 nitrogen and oxygen atoms in total. The number of aliphatic hydroxyl groups is 10. The smallest absolute Gasteiger partial charge is 0.311 e. The SMILES string of the molecule is CCC(O)COC(=O)C(C)CC(C)(CC(C)(CC(C)(CC(C)(CC(C)(CC(C)(CC(C)(CC(C)(CC(C)(CC)C(=O)OCC(O)CC)C(=O)NCO)C(=O)NCO)C(=O)OCC(O)CC)C(=O)NCO)C(=O)NCO)C(=O)NCO)C(=O)OCC(O)CC)C(=O)NCO. The molecule has 0 bridgehead atoms. The summed E-state index contributed by atoms with van der Waals surface area (Å²) in [5.41, 5.74) is -18.4. The van der Waals surface area contributed by atoms with E-state index in [1.165, 1.54) is 69.2 Å². The molecule has 0 aliphatic heterocycles. The average Bonchev–Trinajstić information content (AvgIpc) is 0.762. The molecule has 6 amide bonds. The van der Waals surface area contributed by atoms with Gasteiger partial charge in [-0.2, -0.15) is 0 Å². The summed E-state index contributed by atoms with van der Waals surface area (Å²) in [6.45, 7) is 13.4. The zero-order chi connectivity index (χ0) is 72.2. The van der Waals surface area contributed by atoms with Gasteiger partial charge in [-0.1, -0.05) is 83.1 Å². The number of hydrogen-bond donors (Lipinski definition) is 16. The number of nitrogens with one attached hydrogen (secondary N) is 6. The van der Waals surface area contributed by atoms with Crippen molar-refractivity contribution in [2.45, 2.75) is 218 Å². The van der Waals surface area contributed by atoms with E-state index in [1.807, 2.05) is 0 Å². The van der Waals surface area contributed by atoms with Crippen LogP contribution in [0.1, 0.15) is 194 Å². The Morgan fingerprint density at radius 2 is 0.505 bits per heavy atom. The number of ether oxygens (including phenoxy) is 4. The first-order chi connectivity index (χ1) is 43.0. The van der Waals surface area contributed by atoms with Crippen LogP contribution < -0.4 is 31.9 Å². The molecular weight excluding hydrogens is 1220 g/mol. The van der Waals surface area contributed by atoms with Gasteiger partial charge in [-0.3, -0.25) is 47.9 Å². The van der Waals surface area contributed by atoms with E-state index in [0.717, 1.165) is 0 Å². The predicted octanol–water partition coefficient (Wildman–Crippen LogP) is 0.252. The van der Waals surface area contributed by atoms with E-state index >= 15 is 14.4 Å². The molecule has 16 N–H and O–H groups in total. The van der Waals surface area contributed by atoms with Gasteiger partial charge in [0, 0.05) is 32.5 Å². The maximum atomic E-state index is 15.2. The van der Waals surface area contributed by atoms with Crippen molar-refractivity contribution in [3.8, 4) is 0 Å². The first-order valence-electron chi connectivity index (χ1n) is 31.8. The van der Waals surface area contributed by atoms with Crippen molar-refractivity contribution in [3.63, 3.8) is 0 Å². The number of carbonyl (C=O) groups excluding carboxylic acids is 10. The van der Waals surface area contributed by atoms with E-state index < -0.39 is 263 Å². The number of amides is 6. The lowest BCUT2D eigenvalue weighted by Gasteiger charge is -2.48. The fraction of sp³-hybridized carbons (Fsp3) is 0.841. The summed E-state index contributed by atoms with van der Waals surface area (Å²) in [5, 5.41) is 117. The number of hydrogen-bond acceptors (Lipinski definition) is 24. The Hall–Kier alpha value is -5.70. The third-order valence-electron chi connectivity index (χ3n) is 17.9. The Morgan fingerprint density at radius 3 is 0.731 bits per heavy atom. The minimum absolute atomic E-state index is 0.0260. The standard InChI is InChI=1S/C63H114N6O24/c1-16-41(76)22-90-45(80)40(6)21-56(8,46(81)64-34-70)27-62(14,53(88)92-24-43(78)18-3)31-60(12,50(85)68-38-74)29-58(10,48(83)66-36-72)30-61(13,51(86)69-39-75)33-63(15,54(89)93-25-44(79)19-4)32-59(11,49(84)67-37-73)28-57(9,47(82)65-35-71)26-55(7,20-5)52(87)91-23-42(77)17-2/h40-44,70-79H,16-39H2,1-15H3,(H,64,81)(H,65,82)(H,66,83)(H,67,84)(H,68,85)(H,69,86). The maximum absolute atomic E-state index is 15.2. The molecule has 0 saturated carbocycles. The largest absolute Gasteiger partial charge is 0.463 e. The molecule has 93 heavy (non-hydrogen) atoms. The Labute approximate surface area is 547 Å². The Kier molecular flexibility index (Phi) is 36.4. The van der Waals surface area contributed by atoms with Crippen LogP contribution in [0.3, 0.4) is 0 Å². The van der Waals surface area contributed by atoms with Gasteiger partial charge in [0.05, 0.1) is 46.6 Å². The molecule has 0 aromatic carbocycles. The number of esters is 4. The van der Waals surface area contributed by atoms with E-state index in [0.29, 0.717) is 0 Å². The fourth-order valence-corrected chi connectivity index (χ4v) is 13.3. The van der Waals surface area contributed by atoms with Crippen molar-refractivity contribution in [2.24, 2.45) is 54.7 Å². The van der Waals surface area contributed by atoms with Crippen LogP contribution in [-0.4, -0.2) is 202 Å². The third-order valence-corrected chi connectivity index (χ3v) is 17.9. The zero-order valence-electron chi connectivity index (χ0n) is 57.5. The van der Waals surface area contributed by atoms with Gasteiger partial charge in [0.15, 0.2) is 0 Å². The summed E-state index contributed by atoms with van der Waals surface area (Å²) in [5.74, 6) is -11.1. The molecule has 0 fully saturated rings. The van der Waals surface area contributed by atoms with Crippen molar-refractivity contribution in [1.82, 2.24) is 31.9 Å². The van der Waals surface area contributed by atoms with Crippen LogP contribution in [0.2, 0.25) is 0 Å². The van der Waals surface area contributed by atoms with Crippen LogP contribution in [-0.2, 0) is 66.9 Å². The molecule has 0 spiro atoms. The summed E-state index contributed by atoms with van der Waals surface area (Å²) in [4.78, 5) is 146. The molecule has 540 valence electrons. The van der Waals surface area contributed by atoms with Gasteiger partial charge < -0.3 is 102 Å². The highest BCUT2D eigenvalue weighted by atomic mass is 16.6. The van der Waals surface area contributed by atoms with Gasteiger partial charge in [0.2, 0.25) is 35.4 Å².